The first-order valence-electron chi connectivity index (χ1n) is 8.14. The van der Waals surface area contributed by atoms with Crippen LogP contribution in [0.4, 0.5) is 8.78 Å². The quantitative estimate of drug-likeness (QED) is 0.528. The number of carboxylic acids is 1. The molecule has 2 aromatic heterocycles. The second-order valence-corrected chi connectivity index (χ2v) is 6.85. The Morgan fingerprint density at radius 2 is 2.00 bits per heavy atom. The predicted octanol–water partition coefficient (Wildman–Crippen LogP) is 3.86. The maximum atomic E-state index is 14.0. The van der Waals surface area contributed by atoms with Gasteiger partial charge in [0, 0.05) is 11.6 Å². The predicted molar refractivity (Wildman–Crippen MR) is 98.4 cm³/mol. The maximum Gasteiger partial charge on any atom is 0.347 e. The first-order valence-corrected chi connectivity index (χ1v) is 8.95. The van der Waals surface area contributed by atoms with E-state index < -0.39 is 17.6 Å². The molecule has 1 N–H and O–H groups in total. The van der Waals surface area contributed by atoms with Gasteiger partial charge in [0.05, 0.1) is 5.69 Å². The van der Waals surface area contributed by atoms with Crippen molar-refractivity contribution in [3.05, 3.63) is 64.9 Å². The Morgan fingerprint density at radius 1 is 1.17 bits per heavy atom. The number of hydrogen-bond donors (Lipinski definition) is 1. The van der Waals surface area contributed by atoms with Crippen LogP contribution in [0.15, 0.2) is 42.7 Å². The third-order valence-electron chi connectivity index (χ3n) is 3.91. The fourth-order valence-electron chi connectivity index (χ4n) is 2.58. The highest BCUT2D eigenvalue weighted by molar-refractivity contribution is 7.17. The number of ether oxygens (including phenoxy) is 1. The number of nitrogens with zero attached hydrogens (tertiary/aromatic N) is 5. The number of tetrazole rings is 1. The van der Waals surface area contributed by atoms with E-state index in [2.05, 4.69) is 20.5 Å². The van der Waals surface area contributed by atoms with Crippen molar-refractivity contribution in [1.29, 1.82) is 0 Å². The lowest BCUT2D eigenvalue weighted by Gasteiger charge is -2.12. The number of carboxylic acid groups (broad SMARTS) is 1. The zero-order valence-electron chi connectivity index (χ0n) is 14.7. The number of thiazole rings is 1. The molecule has 0 aliphatic carbocycles. The van der Waals surface area contributed by atoms with Crippen molar-refractivity contribution in [3.63, 3.8) is 0 Å². The summed E-state index contributed by atoms with van der Waals surface area (Å²) in [6.07, 6.45) is 1.31. The van der Waals surface area contributed by atoms with E-state index in [1.54, 1.807) is 19.1 Å². The summed E-state index contributed by atoms with van der Waals surface area (Å²) in [5, 5.41) is 20.7. The Kier molecular flexibility index (Phi) is 4.72. The summed E-state index contributed by atoms with van der Waals surface area (Å²) in [4.78, 5) is 15.7. The third-order valence-corrected chi connectivity index (χ3v) is 5.10. The van der Waals surface area contributed by atoms with Gasteiger partial charge in [-0.3, -0.25) is 0 Å². The van der Waals surface area contributed by atoms with E-state index in [4.69, 9.17) is 4.74 Å². The molecule has 4 aromatic rings. The molecule has 0 fully saturated rings. The van der Waals surface area contributed by atoms with Crippen LogP contribution in [0, 0.1) is 18.6 Å². The van der Waals surface area contributed by atoms with Gasteiger partial charge in [0.1, 0.15) is 27.7 Å². The van der Waals surface area contributed by atoms with Crippen LogP contribution in [-0.4, -0.2) is 36.3 Å². The molecule has 0 unspecified atom stereocenters. The summed E-state index contributed by atoms with van der Waals surface area (Å²) in [5.41, 5.74) is 1.31. The molecular formula is C18H11F2N5O3S. The molecule has 0 saturated heterocycles. The number of carbonyl (C=O) groups is 1. The molecule has 0 bridgehead atoms. The van der Waals surface area contributed by atoms with Crippen molar-refractivity contribution in [3.8, 4) is 27.8 Å². The van der Waals surface area contributed by atoms with Gasteiger partial charge in [-0.1, -0.05) is 0 Å². The van der Waals surface area contributed by atoms with Crippen LogP contribution in [0.5, 0.6) is 11.5 Å². The summed E-state index contributed by atoms with van der Waals surface area (Å²) in [6, 6.07) is 7.64. The van der Waals surface area contributed by atoms with Crippen LogP contribution in [-0.2, 0) is 0 Å². The van der Waals surface area contributed by atoms with Gasteiger partial charge < -0.3 is 9.84 Å². The molecule has 0 saturated carbocycles. The number of benzene rings is 2. The number of aryl methyl sites for hydroxylation is 1. The minimum absolute atomic E-state index is 0.131. The molecule has 8 nitrogen and oxygen atoms in total. The van der Waals surface area contributed by atoms with E-state index in [0.717, 1.165) is 29.5 Å². The first-order chi connectivity index (χ1) is 13.9. The third kappa shape index (κ3) is 3.67. The Hall–Kier alpha value is -3.73. The highest BCUT2D eigenvalue weighted by Gasteiger charge is 2.18. The van der Waals surface area contributed by atoms with Gasteiger partial charge in [0.25, 0.3) is 0 Å². The van der Waals surface area contributed by atoms with Gasteiger partial charge in [-0.15, -0.1) is 16.4 Å². The van der Waals surface area contributed by atoms with Crippen molar-refractivity contribution in [1.82, 2.24) is 25.2 Å². The van der Waals surface area contributed by atoms with Crippen molar-refractivity contribution in [2.24, 2.45) is 0 Å². The van der Waals surface area contributed by atoms with Gasteiger partial charge in [-0.25, -0.2) is 18.6 Å². The van der Waals surface area contributed by atoms with Crippen LogP contribution in [0.3, 0.4) is 0 Å². The lowest BCUT2D eigenvalue weighted by molar-refractivity contribution is 0.0701. The standard InChI is InChI=1S/C18H11F2N5O3S/c1-9-16(18(26)27)29-17(22-9)10-2-5-14(13(6-10)25-8-21-23-24-25)28-15-7-11(19)3-4-12(15)20/h2-8H,1H3,(H,26,27). The lowest BCUT2D eigenvalue weighted by atomic mass is 10.2. The van der Waals surface area contributed by atoms with E-state index in [1.165, 1.54) is 17.1 Å². The van der Waals surface area contributed by atoms with Crippen molar-refractivity contribution in [2.45, 2.75) is 6.92 Å². The summed E-state index contributed by atoms with van der Waals surface area (Å²) < 4.78 is 34.3. The Balaban J connectivity index is 1.80. The average molecular weight is 415 g/mol. The molecular weight excluding hydrogens is 404 g/mol. The van der Waals surface area contributed by atoms with E-state index in [1.807, 2.05) is 0 Å². The van der Waals surface area contributed by atoms with Crippen molar-refractivity contribution >= 4 is 17.3 Å². The zero-order chi connectivity index (χ0) is 20.5. The van der Waals surface area contributed by atoms with E-state index in [9.17, 15) is 18.7 Å². The molecule has 11 heteroatoms. The molecule has 2 aromatic carbocycles. The minimum Gasteiger partial charge on any atom is -0.477 e. The molecule has 2 heterocycles. The number of aromatic nitrogens is 5. The topological polar surface area (TPSA) is 103 Å². The molecule has 4 rings (SSSR count). The maximum absolute atomic E-state index is 14.0. The normalized spacial score (nSPS) is 10.9. The zero-order valence-corrected chi connectivity index (χ0v) is 15.5. The fourth-order valence-corrected chi connectivity index (χ4v) is 3.48. The minimum atomic E-state index is -1.06. The Morgan fingerprint density at radius 3 is 2.69 bits per heavy atom. The number of aromatic carboxylic acids is 1. The van der Waals surface area contributed by atoms with E-state index in [0.29, 0.717) is 22.0 Å². The molecule has 0 aliphatic heterocycles. The summed E-state index contributed by atoms with van der Waals surface area (Å²) in [6.45, 7) is 1.61. The molecule has 29 heavy (non-hydrogen) atoms. The molecule has 0 spiro atoms. The SMILES string of the molecule is Cc1nc(-c2ccc(Oc3cc(F)ccc3F)c(-n3cnnn3)c2)sc1C(=O)O. The van der Waals surface area contributed by atoms with E-state index in [-0.39, 0.29) is 16.4 Å². The highest BCUT2D eigenvalue weighted by atomic mass is 32.1. The second-order valence-electron chi connectivity index (χ2n) is 5.85. The fraction of sp³-hybridized carbons (Fsp3) is 0.0556. The first kappa shape index (κ1) is 18.6. The Bertz CT molecular complexity index is 1210. The molecule has 146 valence electrons. The number of hydrogen-bond acceptors (Lipinski definition) is 7. The van der Waals surface area contributed by atoms with Crippen molar-refractivity contribution in [2.75, 3.05) is 0 Å². The van der Waals surface area contributed by atoms with Gasteiger partial charge in [0.2, 0.25) is 0 Å². The van der Waals surface area contributed by atoms with E-state index >= 15 is 0 Å². The highest BCUT2D eigenvalue weighted by Crippen LogP contribution is 2.35. The summed E-state index contributed by atoms with van der Waals surface area (Å²) in [5.74, 6) is -2.59. The largest absolute Gasteiger partial charge is 0.477 e. The average Bonchev–Trinajstić information content (AvgIpc) is 3.35. The summed E-state index contributed by atoms with van der Waals surface area (Å²) >= 11 is 1.02. The van der Waals surface area contributed by atoms with Gasteiger partial charge in [-0.05, 0) is 47.7 Å². The smallest absolute Gasteiger partial charge is 0.347 e. The van der Waals surface area contributed by atoms with Crippen LogP contribution in [0.1, 0.15) is 15.4 Å². The van der Waals surface area contributed by atoms with Gasteiger partial charge in [0.15, 0.2) is 17.3 Å². The molecule has 0 aliphatic rings. The van der Waals surface area contributed by atoms with Crippen molar-refractivity contribution < 1.29 is 23.4 Å². The van der Waals surface area contributed by atoms with Crippen LogP contribution in [0.2, 0.25) is 0 Å². The Labute approximate surface area is 166 Å². The monoisotopic (exact) mass is 415 g/mol. The second kappa shape index (κ2) is 7.36. The van der Waals surface area contributed by atoms with Crippen LogP contribution >= 0.6 is 11.3 Å². The van der Waals surface area contributed by atoms with Gasteiger partial charge in [-0.2, -0.15) is 4.68 Å². The van der Waals surface area contributed by atoms with Crippen LogP contribution < -0.4 is 4.74 Å². The molecule has 0 atom stereocenters. The number of rotatable bonds is 5. The van der Waals surface area contributed by atoms with Gasteiger partial charge >= 0.3 is 5.97 Å². The molecule has 0 amide bonds. The summed E-state index contributed by atoms with van der Waals surface area (Å²) in [7, 11) is 0. The number of halogens is 2. The van der Waals surface area contributed by atoms with Crippen LogP contribution in [0.25, 0.3) is 16.3 Å². The molecule has 0 radical (unpaired) electrons. The lowest BCUT2D eigenvalue weighted by Crippen LogP contribution is -2.00.